The molecule has 0 saturated carbocycles. The molecule has 0 aliphatic rings. The van der Waals surface area contributed by atoms with Crippen molar-refractivity contribution in [3.05, 3.63) is 63.4 Å². The molecular formula is C17H10Cl3N5OS. The van der Waals surface area contributed by atoms with Crippen molar-refractivity contribution in [1.29, 1.82) is 0 Å². The fourth-order valence-corrected chi connectivity index (χ4v) is 3.51. The lowest BCUT2D eigenvalue weighted by Crippen LogP contribution is -1.82. The maximum Gasteiger partial charge on any atom is 0.249 e. The zero-order valence-corrected chi connectivity index (χ0v) is 16.6. The van der Waals surface area contributed by atoms with E-state index < -0.39 is 0 Å². The van der Waals surface area contributed by atoms with E-state index in [1.165, 1.54) is 11.8 Å². The third-order valence-electron chi connectivity index (χ3n) is 3.54. The summed E-state index contributed by atoms with van der Waals surface area (Å²) in [4.78, 5) is 4.44. The van der Waals surface area contributed by atoms with Gasteiger partial charge in [0.05, 0.1) is 16.3 Å². The topological polar surface area (TPSA) is 80.5 Å². The SMILES string of the molecule is Clc1ccc(-c2nc(SCc3nnc(-c4ccc(Cl)cc4Cl)o3)n[nH]2)cc1. The summed E-state index contributed by atoms with van der Waals surface area (Å²) in [5, 5.41) is 17.4. The van der Waals surface area contributed by atoms with Crippen LogP contribution in [0.1, 0.15) is 5.89 Å². The van der Waals surface area contributed by atoms with Gasteiger partial charge in [-0.2, -0.15) is 0 Å². The third-order valence-corrected chi connectivity index (χ3v) is 5.17. The number of aromatic nitrogens is 5. The van der Waals surface area contributed by atoms with Gasteiger partial charge in [0, 0.05) is 15.6 Å². The van der Waals surface area contributed by atoms with Crippen LogP contribution in [-0.2, 0) is 5.75 Å². The number of nitrogens with one attached hydrogen (secondary N) is 1. The summed E-state index contributed by atoms with van der Waals surface area (Å²) in [7, 11) is 0. The zero-order valence-electron chi connectivity index (χ0n) is 13.5. The molecule has 0 aliphatic heterocycles. The summed E-state index contributed by atoms with van der Waals surface area (Å²) in [6, 6.07) is 12.4. The van der Waals surface area contributed by atoms with E-state index in [9.17, 15) is 0 Å². The molecular weight excluding hydrogens is 429 g/mol. The Labute approximate surface area is 173 Å². The highest BCUT2D eigenvalue weighted by Crippen LogP contribution is 2.30. The van der Waals surface area contributed by atoms with Crippen molar-refractivity contribution in [2.24, 2.45) is 0 Å². The van der Waals surface area contributed by atoms with Gasteiger partial charge in [-0.3, -0.25) is 5.10 Å². The molecule has 0 amide bonds. The highest BCUT2D eigenvalue weighted by molar-refractivity contribution is 7.98. The summed E-state index contributed by atoms with van der Waals surface area (Å²) in [5.41, 5.74) is 1.53. The second-order valence-electron chi connectivity index (χ2n) is 5.39. The Bertz CT molecular complexity index is 1080. The number of benzene rings is 2. The van der Waals surface area contributed by atoms with E-state index in [1.54, 1.807) is 30.3 Å². The maximum atomic E-state index is 6.17. The van der Waals surface area contributed by atoms with Crippen LogP contribution in [0, 0.1) is 0 Å². The smallest absolute Gasteiger partial charge is 0.249 e. The van der Waals surface area contributed by atoms with Crippen molar-refractivity contribution in [1.82, 2.24) is 25.4 Å². The van der Waals surface area contributed by atoms with Gasteiger partial charge in [0.15, 0.2) is 5.82 Å². The van der Waals surface area contributed by atoms with Gasteiger partial charge in [0.25, 0.3) is 0 Å². The maximum absolute atomic E-state index is 6.17. The van der Waals surface area contributed by atoms with E-state index in [4.69, 9.17) is 39.2 Å². The van der Waals surface area contributed by atoms with Crippen LogP contribution < -0.4 is 0 Å². The fourth-order valence-electron chi connectivity index (χ4n) is 2.26. The minimum Gasteiger partial charge on any atom is -0.420 e. The Kier molecular flexibility index (Phi) is 5.36. The standard InChI is InChI=1S/C17H10Cl3N5OS/c18-10-3-1-9(2-4-10)15-21-17(25-23-15)27-8-14-22-24-16(26-14)12-6-5-11(19)7-13(12)20/h1-7H,8H2,(H,21,23,25). The van der Waals surface area contributed by atoms with E-state index in [0.29, 0.717) is 49.1 Å². The largest absolute Gasteiger partial charge is 0.420 e. The highest BCUT2D eigenvalue weighted by Gasteiger charge is 2.14. The van der Waals surface area contributed by atoms with E-state index >= 15 is 0 Å². The first-order valence-corrected chi connectivity index (χ1v) is 9.79. The first-order valence-electron chi connectivity index (χ1n) is 7.67. The first kappa shape index (κ1) is 18.3. The molecule has 0 atom stereocenters. The molecule has 27 heavy (non-hydrogen) atoms. The molecule has 1 N–H and O–H groups in total. The second-order valence-corrected chi connectivity index (χ2v) is 7.61. The summed E-state index contributed by atoms with van der Waals surface area (Å²) < 4.78 is 5.67. The Morgan fingerprint density at radius 1 is 0.963 bits per heavy atom. The van der Waals surface area contributed by atoms with Crippen molar-refractivity contribution < 1.29 is 4.42 Å². The third kappa shape index (κ3) is 4.27. The van der Waals surface area contributed by atoms with Gasteiger partial charge in [-0.1, -0.05) is 46.6 Å². The molecule has 2 aromatic heterocycles. The molecule has 0 fully saturated rings. The van der Waals surface area contributed by atoms with Crippen molar-refractivity contribution in [2.75, 3.05) is 0 Å². The number of aromatic amines is 1. The van der Waals surface area contributed by atoms with Gasteiger partial charge in [-0.15, -0.1) is 15.3 Å². The van der Waals surface area contributed by atoms with Crippen LogP contribution in [0.3, 0.4) is 0 Å². The predicted octanol–water partition coefficient (Wildman–Crippen LogP) is 5.77. The molecule has 0 aliphatic carbocycles. The quantitative estimate of drug-likeness (QED) is 0.398. The van der Waals surface area contributed by atoms with Crippen LogP contribution >= 0.6 is 46.6 Å². The predicted molar refractivity (Wildman–Crippen MR) is 106 cm³/mol. The average molecular weight is 439 g/mol. The summed E-state index contributed by atoms with van der Waals surface area (Å²) in [6.07, 6.45) is 0. The Morgan fingerprint density at radius 3 is 2.52 bits per heavy atom. The van der Waals surface area contributed by atoms with Crippen molar-refractivity contribution >= 4 is 46.6 Å². The fraction of sp³-hybridized carbons (Fsp3) is 0.0588. The van der Waals surface area contributed by atoms with Crippen molar-refractivity contribution in [3.8, 4) is 22.8 Å². The monoisotopic (exact) mass is 437 g/mol. The van der Waals surface area contributed by atoms with Crippen LogP contribution in [0.4, 0.5) is 0 Å². The van der Waals surface area contributed by atoms with Crippen LogP contribution in [0.25, 0.3) is 22.8 Å². The van der Waals surface area contributed by atoms with Crippen LogP contribution in [-0.4, -0.2) is 25.4 Å². The molecule has 136 valence electrons. The summed E-state index contributed by atoms with van der Waals surface area (Å²) in [6.45, 7) is 0. The van der Waals surface area contributed by atoms with Crippen molar-refractivity contribution in [3.63, 3.8) is 0 Å². The number of thioether (sulfide) groups is 1. The first-order chi connectivity index (χ1) is 13.1. The molecule has 0 unspecified atom stereocenters. The lowest BCUT2D eigenvalue weighted by molar-refractivity contribution is 0.528. The van der Waals surface area contributed by atoms with Gasteiger partial charge in [0.2, 0.25) is 16.9 Å². The van der Waals surface area contributed by atoms with Gasteiger partial charge >= 0.3 is 0 Å². The van der Waals surface area contributed by atoms with Crippen LogP contribution in [0.2, 0.25) is 15.1 Å². The molecule has 4 aromatic rings. The number of H-pyrrole nitrogens is 1. The number of nitrogens with zero attached hydrogens (tertiary/aromatic N) is 4. The van der Waals surface area contributed by atoms with E-state index in [2.05, 4.69) is 25.4 Å². The van der Waals surface area contributed by atoms with Crippen molar-refractivity contribution in [2.45, 2.75) is 10.9 Å². The molecule has 0 saturated heterocycles. The van der Waals surface area contributed by atoms with Crippen LogP contribution in [0.5, 0.6) is 0 Å². The lowest BCUT2D eigenvalue weighted by atomic mass is 10.2. The average Bonchev–Trinajstić information content (AvgIpc) is 3.30. The molecule has 10 heteroatoms. The number of halogens is 3. The Balaban J connectivity index is 1.44. The van der Waals surface area contributed by atoms with Gasteiger partial charge in [-0.05, 0) is 42.5 Å². The molecule has 6 nitrogen and oxygen atoms in total. The highest BCUT2D eigenvalue weighted by atomic mass is 35.5. The van der Waals surface area contributed by atoms with Gasteiger partial charge in [0.1, 0.15) is 0 Å². The Morgan fingerprint density at radius 2 is 1.74 bits per heavy atom. The molecule has 2 heterocycles. The second kappa shape index (κ2) is 7.90. The number of hydrogen-bond acceptors (Lipinski definition) is 6. The molecule has 0 spiro atoms. The Hall–Kier alpha value is -2.06. The van der Waals surface area contributed by atoms with E-state index in [1.807, 2.05) is 12.1 Å². The summed E-state index contributed by atoms with van der Waals surface area (Å²) in [5.74, 6) is 1.87. The zero-order chi connectivity index (χ0) is 18.8. The molecule has 0 radical (unpaired) electrons. The number of rotatable bonds is 5. The normalized spacial score (nSPS) is 11.1. The summed E-state index contributed by atoms with van der Waals surface area (Å²) >= 11 is 19.3. The minimum atomic E-state index is 0.337. The van der Waals surface area contributed by atoms with E-state index in [-0.39, 0.29) is 0 Å². The van der Waals surface area contributed by atoms with Crippen LogP contribution in [0.15, 0.2) is 52.0 Å². The molecule has 0 bridgehead atoms. The van der Waals surface area contributed by atoms with Gasteiger partial charge < -0.3 is 4.42 Å². The number of hydrogen-bond donors (Lipinski definition) is 1. The van der Waals surface area contributed by atoms with E-state index in [0.717, 1.165) is 5.56 Å². The minimum absolute atomic E-state index is 0.337. The molecule has 4 rings (SSSR count). The lowest BCUT2D eigenvalue weighted by Gasteiger charge is -1.98. The molecule has 2 aromatic carbocycles. The van der Waals surface area contributed by atoms with Gasteiger partial charge in [-0.25, -0.2) is 4.98 Å².